The molecule has 9 nitrogen and oxygen atoms in total. The number of carbonyl (C=O) groups is 1. The molecule has 1 amide bonds. The Balaban J connectivity index is 1.31. The minimum absolute atomic E-state index is 0.188. The summed E-state index contributed by atoms with van der Waals surface area (Å²) in [5.41, 5.74) is 1.93. The summed E-state index contributed by atoms with van der Waals surface area (Å²) >= 11 is 0. The second-order valence-corrected chi connectivity index (χ2v) is 7.08. The highest BCUT2D eigenvalue weighted by Gasteiger charge is 2.26. The minimum atomic E-state index is -0.668. The molecule has 156 valence electrons. The molecule has 0 aliphatic carbocycles. The Labute approximate surface area is 174 Å². The lowest BCUT2D eigenvalue weighted by Crippen LogP contribution is -2.45. The van der Waals surface area contributed by atoms with Crippen molar-refractivity contribution < 1.29 is 14.3 Å². The van der Waals surface area contributed by atoms with Crippen molar-refractivity contribution in [3.63, 3.8) is 0 Å². The number of benzene rings is 1. The van der Waals surface area contributed by atoms with Crippen LogP contribution in [-0.2, 0) is 4.79 Å². The fraction of sp³-hybridized carbons (Fsp3) is 0.333. The lowest BCUT2D eigenvalue weighted by molar-refractivity contribution is -0.130. The topological polar surface area (TPSA) is 103 Å². The average Bonchev–Trinajstić information content (AvgIpc) is 3.08. The molecule has 30 heavy (non-hydrogen) atoms. The Kier molecular flexibility index (Phi) is 5.51. The number of nitrogens with zero attached hydrogens (tertiary/aromatic N) is 4. The molecule has 0 radical (unpaired) electrons. The van der Waals surface area contributed by atoms with E-state index < -0.39 is 6.10 Å². The second kappa shape index (κ2) is 8.40. The van der Waals surface area contributed by atoms with E-state index in [1.165, 1.54) is 0 Å². The molecule has 0 saturated carbocycles. The van der Waals surface area contributed by atoms with Gasteiger partial charge in [-0.2, -0.15) is 5.10 Å². The molecule has 1 aromatic carbocycles. The van der Waals surface area contributed by atoms with Crippen molar-refractivity contribution in [1.29, 1.82) is 0 Å². The van der Waals surface area contributed by atoms with Crippen molar-refractivity contribution in [2.75, 3.05) is 25.0 Å². The van der Waals surface area contributed by atoms with Crippen molar-refractivity contribution in [2.45, 2.75) is 26.9 Å². The first-order valence-corrected chi connectivity index (χ1v) is 9.79. The Morgan fingerprint density at radius 2 is 1.93 bits per heavy atom. The number of hydrogen-bond acceptors (Lipinski definition) is 7. The molecule has 3 heterocycles. The number of aryl methyl sites for hydroxylation is 3. The van der Waals surface area contributed by atoms with Gasteiger partial charge < -0.3 is 20.1 Å². The maximum Gasteiger partial charge on any atom is 0.264 e. The summed E-state index contributed by atoms with van der Waals surface area (Å²) in [6.45, 7) is 6.86. The first-order chi connectivity index (χ1) is 14.5. The van der Waals surface area contributed by atoms with E-state index in [0.717, 1.165) is 11.4 Å². The summed E-state index contributed by atoms with van der Waals surface area (Å²) in [4.78, 5) is 21.2. The van der Waals surface area contributed by atoms with E-state index in [-0.39, 0.29) is 12.5 Å². The molecule has 2 N–H and O–H groups in total. The number of hydrogen-bond donors (Lipinski definition) is 2. The van der Waals surface area contributed by atoms with Crippen molar-refractivity contribution in [3.8, 4) is 17.3 Å². The van der Waals surface area contributed by atoms with Crippen LogP contribution in [0.5, 0.6) is 11.5 Å². The van der Waals surface area contributed by atoms with Crippen LogP contribution in [0.2, 0.25) is 0 Å². The van der Waals surface area contributed by atoms with Gasteiger partial charge in [-0.25, -0.2) is 14.6 Å². The van der Waals surface area contributed by atoms with Gasteiger partial charge in [-0.1, -0.05) is 12.1 Å². The van der Waals surface area contributed by atoms with E-state index in [0.29, 0.717) is 42.0 Å². The van der Waals surface area contributed by atoms with Crippen LogP contribution in [0.25, 0.3) is 5.82 Å². The number of anilines is 1. The normalized spacial score (nSPS) is 15.0. The number of aromatic nitrogens is 4. The van der Waals surface area contributed by atoms with Gasteiger partial charge in [0.05, 0.1) is 5.69 Å². The number of ether oxygens (including phenoxy) is 2. The highest BCUT2D eigenvalue weighted by atomic mass is 16.6. The Hall–Kier alpha value is -3.62. The van der Waals surface area contributed by atoms with Gasteiger partial charge in [0.25, 0.3) is 5.91 Å². The molecule has 0 spiro atoms. The van der Waals surface area contributed by atoms with E-state index in [1.54, 1.807) is 10.7 Å². The van der Waals surface area contributed by atoms with Gasteiger partial charge in [-0.15, -0.1) is 0 Å². The van der Waals surface area contributed by atoms with Crippen molar-refractivity contribution in [2.24, 2.45) is 0 Å². The monoisotopic (exact) mass is 408 g/mol. The van der Waals surface area contributed by atoms with Crippen molar-refractivity contribution in [1.82, 2.24) is 25.1 Å². The standard InChI is InChI=1S/C21H24N6O3/c1-13-10-14(2)27(26-13)20-11-19(24-15(3)25-20)22-8-9-23-21(28)18-12-29-16-6-4-5-7-17(16)30-18/h4-7,10-11,18H,8-9,12H2,1-3H3,(H,23,28)(H,22,24,25)/t18-/m0/s1. The molecule has 3 aromatic rings. The third-order valence-electron chi connectivity index (χ3n) is 4.58. The van der Waals surface area contributed by atoms with E-state index in [4.69, 9.17) is 9.47 Å². The molecule has 0 bridgehead atoms. The first kappa shape index (κ1) is 19.7. The van der Waals surface area contributed by atoms with E-state index >= 15 is 0 Å². The zero-order valence-corrected chi connectivity index (χ0v) is 17.2. The zero-order chi connectivity index (χ0) is 21.1. The molecule has 9 heteroatoms. The second-order valence-electron chi connectivity index (χ2n) is 7.08. The average molecular weight is 408 g/mol. The third-order valence-corrected chi connectivity index (χ3v) is 4.58. The van der Waals surface area contributed by atoms with E-state index in [1.807, 2.05) is 51.1 Å². The van der Waals surface area contributed by atoms with Gasteiger partial charge >= 0.3 is 0 Å². The summed E-state index contributed by atoms with van der Waals surface area (Å²) in [6.07, 6.45) is -0.668. The third kappa shape index (κ3) is 4.35. The van der Waals surface area contributed by atoms with Crippen LogP contribution >= 0.6 is 0 Å². The van der Waals surface area contributed by atoms with Gasteiger partial charge in [0.15, 0.2) is 17.3 Å². The summed E-state index contributed by atoms with van der Waals surface area (Å²) < 4.78 is 13.1. The van der Waals surface area contributed by atoms with Crippen LogP contribution in [0, 0.1) is 20.8 Å². The number of carbonyl (C=O) groups excluding carboxylic acids is 1. The predicted octanol–water partition coefficient (Wildman–Crippen LogP) is 1.96. The highest BCUT2D eigenvalue weighted by Crippen LogP contribution is 2.30. The van der Waals surface area contributed by atoms with Gasteiger partial charge in [0, 0.05) is 24.8 Å². The molecule has 0 saturated heterocycles. The van der Waals surface area contributed by atoms with Crippen LogP contribution in [0.15, 0.2) is 36.4 Å². The number of fused-ring (bicyclic) bond motifs is 1. The summed E-state index contributed by atoms with van der Waals surface area (Å²) in [6, 6.07) is 11.1. The highest BCUT2D eigenvalue weighted by molar-refractivity contribution is 5.81. The van der Waals surface area contributed by atoms with Gasteiger partial charge in [0.2, 0.25) is 6.10 Å². The Bertz CT molecular complexity index is 1060. The number of rotatable bonds is 6. The van der Waals surface area contributed by atoms with Crippen LogP contribution in [0.4, 0.5) is 5.82 Å². The number of amides is 1. The molecule has 0 unspecified atom stereocenters. The lowest BCUT2D eigenvalue weighted by atomic mass is 10.2. The molecular formula is C21H24N6O3. The number of para-hydroxylation sites is 2. The molecule has 0 fully saturated rings. The fourth-order valence-corrected chi connectivity index (χ4v) is 3.25. The van der Waals surface area contributed by atoms with E-state index in [9.17, 15) is 4.79 Å². The minimum Gasteiger partial charge on any atom is -0.485 e. The zero-order valence-electron chi connectivity index (χ0n) is 17.2. The molecule has 1 aliphatic heterocycles. The van der Waals surface area contributed by atoms with Crippen LogP contribution in [-0.4, -0.2) is 51.5 Å². The SMILES string of the molecule is Cc1cc(C)n(-c2cc(NCCNC(=O)[C@@H]3COc4ccccc4O3)nc(C)n2)n1. The Morgan fingerprint density at radius 3 is 2.70 bits per heavy atom. The van der Waals surface area contributed by atoms with Gasteiger partial charge in [-0.3, -0.25) is 4.79 Å². The molecule has 4 rings (SSSR count). The smallest absolute Gasteiger partial charge is 0.264 e. The van der Waals surface area contributed by atoms with Crippen LogP contribution in [0.1, 0.15) is 17.2 Å². The predicted molar refractivity (Wildman–Crippen MR) is 111 cm³/mol. The van der Waals surface area contributed by atoms with E-state index in [2.05, 4.69) is 25.7 Å². The molecular weight excluding hydrogens is 384 g/mol. The Morgan fingerprint density at radius 1 is 1.13 bits per heavy atom. The quantitative estimate of drug-likeness (QED) is 0.601. The van der Waals surface area contributed by atoms with Crippen LogP contribution < -0.4 is 20.1 Å². The number of nitrogens with one attached hydrogen (secondary N) is 2. The van der Waals surface area contributed by atoms with Crippen LogP contribution in [0.3, 0.4) is 0 Å². The molecule has 1 atom stereocenters. The summed E-state index contributed by atoms with van der Waals surface area (Å²) in [5, 5.41) is 10.5. The molecule has 2 aromatic heterocycles. The first-order valence-electron chi connectivity index (χ1n) is 9.79. The van der Waals surface area contributed by atoms with Crippen molar-refractivity contribution >= 4 is 11.7 Å². The fourth-order valence-electron chi connectivity index (χ4n) is 3.25. The lowest BCUT2D eigenvalue weighted by Gasteiger charge is -2.25. The molecule has 1 aliphatic rings. The van der Waals surface area contributed by atoms with Gasteiger partial charge in [0.1, 0.15) is 18.2 Å². The largest absolute Gasteiger partial charge is 0.485 e. The van der Waals surface area contributed by atoms with Crippen molar-refractivity contribution in [3.05, 3.63) is 53.6 Å². The summed E-state index contributed by atoms with van der Waals surface area (Å²) in [5.74, 6) is 3.03. The summed E-state index contributed by atoms with van der Waals surface area (Å²) in [7, 11) is 0. The van der Waals surface area contributed by atoms with Gasteiger partial charge in [-0.05, 0) is 39.0 Å². The maximum atomic E-state index is 12.4. The maximum absolute atomic E-state index is 12.4.